The molecule has 0 amide bonds. The number of nitrogens with one attached hydrogen (secondary N) is 1. The first kappa shape index (κ1) is 15.5. The fourth-order valence-electron chi connectivity index (χ4n) is 2.08. The van der Waals surface area contributed by atoms with E-state index in [1.54, 1.807) is 31.4 Å². The van der Waals surface area contributed by atoms with Crippen molar-refractivity contribution in [2.75, 3.05) is 7.11 Å². The lowest BCUT2D eigenvalue weighted by Crippen LogP contribution is -2.28. The molecule has 2 aromatic carbocycles. The summed E-state index contributed by atoms with van der Waals surface area (Å²) in [6.45, 7) is 1.95. The van der Waals surface area contributed by atoms with E-state index in [9.17, 15) is 8.42 Å². The average Bonchev–Trinajstić information content (AvgIpc) is 2.53. The highest BCUT2D eigenvalue weighted by Gasteiger charge is 2.20. The Hall–Kier alpha value is -1.85. The lowest BCUT2D eigenvalue weighted by Gasteiger charge is -2.17. The maximum atomic E-state index is 12.4. The minimum atomic E-state index is -3.55. The number of benzene rings is 2. The molecule has 0 unspecified atom stereocenters. The Morgan fingerprint density at radius 1 is 1.05 bits per heavy atom. The maximum Gasteiger partial charge on any atom is 0.241 e. The molecule has 0 heterocycles. The molecule has 0 aromatic heterocycles. The Balaban J connectivity index is 2.22. The van der Waals surface area contributed by atoms with Crippen molar-refractivity contribution in [3.05, 3.63) is 60.2 Å². The zero-order valence-electron chi connectivity index (χ0n) is 12.1. The normalized spacial score (nSPS) is 12.9. The van der Waals surface area contributed by atoms with Crippen LogP contribution in [0.1, 0.15) is 24.9 Å². The second kappa shape index (κ2) is 6.74. The molecule has 0 fully saturated rings. The van der Waals surface area contributed by atoms with Gasteiger partial charge in [-0.3, -0.25) is 0 Å². The zero-order chi connectivity index (χ0) is 15.3. The molecule has 21 heavy (non-hydrogen) atoms. The molecule has 1 N–H and O–H groups in total. The third-order valence-corrected chi connectivity index (χ3v) is 4.76. The van der Waals surface area contributed by atoms with Crippen molar-refractivity contribution in [1.29, 1.82) is 0 Å². The second-order valence-electron chi connectivity index (χ2n) is 4.67. The number of sulfonamides is 1. The summed E-state index contributed by atoms with van der Waals surface area (Å²) in [5, 5.41) is 0. The molecule has 0 radical (unpaired) electrons. The van der Waals surface area contributed by atoms with Crippen LogP contribution < -0.4 is 9.46 Å². The quantitative estimate of drug-likeness (QED) is 0.892. The summed E-state index contributed by atoms with van der Waals surface area (Å²) in [4.78, 5) is 0.234. The highest BCUT2D eigenvalue weighted by Crippen LogP contribution is 2.21. The van der Waals surface area contributed by atoms with Crippen LogP contribution in [0.2, 0.25) is 0 Å². The molecule has 2 aromatic rings. The lowest BCUT2D eigenvalue weighted by atomic mass is 10.1. The van der Waals surface area contributed by atoms with Crippen molar-refractivity contribution in [3.8, 4) is 5.75 Å². The Morgan fingerprint density at radius 2 is 1.67 bits per heavy atom. The van der Waals surface area contributed by atoms with Gasteiger partial charge in [0.25, 0.3) is 0 Å². The van der Waals surface area contributed by atoms with Crippen LogP contribution in [0.3, 0.4) is 0 Å². The summed E-state index contributed by atoms with van der Waals surface area (Å²) in [5.41, 5.74) is 0.956. The molecule has 4 nitrogen and oxygen atoms in total. The Labute approximate surface area is 125 Å². The van der Waals surface area contributed by atoms with E-state index in [2.05, 4.69) is 4.72 Å². The van der Waals surface area contributed by atoms with Gasteiger partial charge in [-0.1, -0.05) is 37.3 Å². The van der Waals surface area contributed by atoms with Gasteiger partial charge < -0.3 is 4.74 Å². The summed E-state index contributed by atoms with van der Waals surface area (Å²) in [6, 6.07) is 15.7. The molecular weight excluding hydrogens is 286 g/mol. The smallest absolute Gasteiger partial charge is 0.241 e. The van der Waals surface area contributed by atoms with Crippen molar-refractivity contribution in [2.45, 2.75) is 24.3 Å². The number of methoxy groups -OCH3 is 1. The fraction of sp³-hybridized carbons (Fsp3) is 0.250. The molecule has 1 atom stereocenters. The molecule has 0 saturated heterocycles. The van der Waals surface area contributed by atoms with Crippen LogP contribution in [0.25, 0.3) is 0 Å². The van der Waals surface area contributed by atoms with Crippen LogP contribution in [0, 0.1) is 0 Å². The fourth-order valence-corrected chi connectivity index (χ4v) is 3.39. The predicted molar refractivity (Wildman–Crippen MR) is 82.8 cm³/mol. The summed E-state index contributed by atoms with van der Waals surface area (Å²) in [5.74, 6) is 0.629. The molecule has 0 aliphatic carbocycles. The van der Waals surface area contributed by atoms with E-state index < -0.39 is 10.0 Å². The zero-order valence-corrected chi connectivity index (χ0v) is 12.9. The Morgan fingerprint density at radius 3 is 2.19 bits per heavy atom. The SMILES string of the molecule is CC[C@H](NS(=O)(=O)c1ccc(OC)cc1)c1ccccc1. The highest BCUT2D eigenvalue weighted by atomic mass is 32.2. The van der Waals surface area contributed by atoms with Gasteiger partial charge in [-0.2, -0.15) is 0 Å². The van der Waals surface area contributed by atoms with Crippen LogP contribution in [-0.4, -0.2) is 15.5 Å². The molecule has 0 aliphatic heterocycles. The monoisotopic (exact) mass is 305 g/mol. The van der Waals surface area contributed by atoms with Crippen molar-refractivity contribution in [1.82, 2.24) is 4.72 Å². The third-order valence-electron chi connectivity index (χ3n) is 3.28. The average molecular weight is 305 g/mol. The minimum absolute atomic E-state index is 0.234. The lowest BCUT2D eigenvalue weighted by molar-refractivity contribution is 0.414. The van der Waals surface area contributed by atoms with E-state index in [0.717, 1.165) is 5.56 Å². The van der Waals surface area contributed by atoms with E-state index in [1.165, 1.54) is 0 Å². The van der Waals surface area contributed by atoms with Gasteiger partial charge >= 0.3 is 0 Å². The van der Waals surface area contributed by atoms with E-state index in [4.69, 9.17) is 4.74 Å². The van der Waals surface area contributed by atoms with Crippen molar-refractivity contribution in [2.24, 2.45) is 0 Å². The van der Waals surface area contributed by atoms with Gasteiger partial charge in [0.2, 0.25) is 10.0 Å². The summed E-state index contributed by atoms with van der Waals surface area (Å²) in [6.07, 6.45) is 0.680. The third kappa shape index (κ3) is 3.83. The first-order valence-corrected chi connectivity index (χ1v) is 8.26. The largest absolute Gasteiger partial charge is 0.497 e. The number of ether oxygens (including phenoxy) is 1. The van der Waals surface area contributed by atoms with Crippen molar-refractivity contribution >= 4 is 10.0 Å². The molecule has 0 saturated carbocycles. The van der Waals surface area contributed by atoms with Gasteiger partial charge in [-0.25, -0.2) is 13.1 Å². The van der Waals surface area contributed by atoms with Crippen molar-refractivity contribution < 1.29 is 13.2 Å². The molecule has 0 bridgehead atoms. The van der Waals surface area contributed by atoms with Crippen LogP contribution in [-0.2, 0) is 10.0 Å². The molecule has 112 valence electrons. The Bertz CT molecular complexity index is 666. The van der Waals surface area contributed by atoms with Crippen LogP contribution in [0.5, 0.6) is 5.75 Å². The number of rotatable bonds is 6. The minimum Gasteiger partial charge on any atom is -0.497 e. The maximum absolute atomic E-state index is 12.4. The first-order chi connectivity index (χ1) is 10.1. The first-order valence-electron chi connectivity index (χ1n) is 6.78. The molecule has 2 rings (SSSR count). The summed E-state index contributed by atoms with van der Waals surface area (Å²) >= 11 is 0. The van der Waals surface area contributed by atoms with Crippen LogP contribution in [0.4, 0.5) is 0 Å². The number of hydrogen-bond acceptors (Lipinski definition) is 3. The van der Waals surface area contributed by atoms with Gasteiger partial charge in [0.1, 0.15) is 5.75 Å². The van der Waals surface area contributed by atoms with Gasteiger partial charge in [-0.15, -0.1) is 0 Å². The Kier molecular flexibility index (Phi) is 4.98. The van der Waals surface area contributed by atoms with Gasteiger partial charge in [0.15, 0.2) is 0 Å². The van der Waals surface area contributed by atoms with Crippen LogP contribution in [0.15, 0.2) is 59.5 Å². The molecular formula is C16H19NO3S. The predicted octanol–water partition coefficient (Wildman–Crippen LogP) is 3.12. The summed E-state index contributed by atoms with van der Waals surface area (Å²) < 4.78 is 32.6. The van der Waals surface area contributed by atoms with E-state index in [1.807, 2.05) is 37.3 Å². The van der Waals surface area contributed by atoms with Gasteiger partial charge in [0.05, 0.1) is 12.0 Å². The van der Waals surface area contributed by atoms with E-state index in [-0.39, 0.29) is 10.9 Å². The van der Waals surface area contributed by atoms with Crippen molar-refractivity contribution in [3.63, 3.8) is 0 Å². The molecule has 5 heteroatoms. The van der Waals surface area contributed by atoms with E-state index in [0.29, 0.717) is 12.2 Å². The second-order valence-corrected chi connectivity index (χ2v) is 6.38. The summed E-state index contributed by atoms with van der Waals surface area (Å²) in [7, 11) is -2.00. The van der Waals surface area contributed by atoms with Gasteiger partial charge in [0, 0.05) is 6.04 Å². The molecule has 0 spiro atoms. The van der Waals surface area contributed by atoms with Crippen LogP contribution >= 0.6 is 0 Å². The highest BCUT2D eigenvalue weighted by molar-refractivity contribution is 7.89. The number of hydrogen-bond donors (Lipinski definition) is 1. The van der Waals surface area contributed by atoms with E-state index >= 15 is 0 Å². The molecule has 0 aliphatic rings. The standard InChI is InChI=1S/C16H19NO3S/c1-3-16(13-7-5-4-6-8-13)17-21(18,19)15-11-9-14(20-2)10-12-15/h4-12,16-17H,3H2,1-2H3/t16-/m0/s1. The van der Waals surface area contributed by atoms with Gasteiger partial charge in [-0.05, 0) is 36.2 Å². The topological polar surface area (TPSA) is 55.4 Å².